The number of aryl methyl sites for hydroxylation is 1. The number of carbonyl (C=O) groups is 1. The molecule has 2 heterocycles. The summed E-state index contributed by atoms with van der Waals surface area (Å²) in [6.45, 7) is 1.76. The molecule has 0 fully saturated rings. The average Bonchev–Trinajstić information content (AvgIpc) is 2.70. The van der Waals surface area contributed by atoms with Gasteiger partial charge in [0.1, 0.15) is 0 Å². The van der Waals surface area contributed by atoms with E-state index in [-0.39, 0.29) is 5.69 Å². The maximum Gasteiger partial charge on any atom is 0.355 e. The van der Waals surface area contributed by atoms with E-state index in [0.29, 0.717) is 5.13 Å². The summed E-state index contributed by atoms with van der Waals surface area (Å²) in [5.41, 5.74) is 0.138. The summed E-state index contributed by atoms with van der Waals surface area (Å²) in [4.78, 5) is 15.5. The van der Waals surface area contributed by atoms with Gasteiger partial charge in [0.2, 0.25) is 0 Å². The Kier molecular flexibility index (Phi) is 2.09. The van der Waals surface area contributed by atoms with Crippen LogP contribution >= 0.6 is 11.3 Å². The lowest BCUT2D eigenvalue weighted by Gasteiger charge is -1.92. The van der Waals surface area contributed by atoms with Crippen molar-refractivity contribution >= 4 is 17.3 Å². The molecule has 72 valence electrons. The maximum atomic E-state index is 10.7. The number of aromatic carboxylic acids is 1. The molecule has 2 rings (SSSR count). The first kappa shape index (κ1) is 8.96. The van der Waals surface area contributed by atoms with Crippen molar-refractivity contribution in [2.75, 3.05) is 0 Å². The zero-order valence-electron chi connectivity index (χ0n) is 7.47. The maximum absolute atomic E-state index is 10.7. The topological polar surface area (TPSA) is 55.1 Å². The lowest BCUT2D eigenvalue weighted by Crippen LogP contribution is -1.99. The molecule has 0 bridgehead atoms. The molecule has 0 spiro atoms. The van der Waals surface area contributed by atoms with Gasteiger partial charge in [0.15, 0.2) is 10.8 Å². The molecule has 0 aromatic carbocycles. The van der Waals surface area contributed by atoms with Gasteiger partial charge < -0.3 is 9.67 Å². The summed E-state index contributed by atoms with van der Waals surface area (Å²) in [6.07, 6.45) is 3.67. The van der Waals surface area contributed by atoms with Gasteiger partial charge in [0.05, 0.1) is 0 Å². The van der Waals surface area contributed by atoms with E-state index in [2.05, 4.69) is 4.98 Å². The van der Waals surface area contributed by atoms with E-state index < -0.39 is 5.97 Å². The monoisotopic (exact) mass is 208 g/mol. The number of carboxylic acid groups (broad SMARTS) is 1. The van der Waals surface area contributed by atoms with Crippen LogP contribution in [0, 0.1) is 6.92 Å². The Balaban J connectivity index is 2.48. The second kappa shape index (κ2) is 3.26. The van der Waals surface area contributed by atoms with Gasteiger partial charge in [0, 0.05) is 17.3 Å². The van der Waals surface area contributed by atoms with Gasteiger partial charge in [-0.25, -0.2) is 9.78 Å². The quantitative estimate of drug-likeness (QED) is 0.820. The fraction of sp³-hybridized carbons (Fsp3) is 0.111. The Bertz CT molecular complexity index is 459. The molecule has 0 radical (unpaired) electrons. The van der Waals surface area contributed by atoms with Crippen LogP contribution in [0.4, 0.5) is 0 Å². The highest BCUT2D eigenvalue weighted by Gasteiger charge is 2.14. The van der Waals surface area contributed by atoms with E-state index in [1.165, 1.54) is 11.3 Å². The number of carboxylic acids is 1. The predicted octanol–water partition coefficient (Wildman–Crippen LogP) is 1.94. The molecular weight excluding hydrogens is 200 g/mol. The third-order valence-electron chi connectivity index (χ3n) is 1.81. The van der Waals surface area contributed by atoms with Gasteiger partial charge in [-0.3, -0.25) is 0 Å². The van der Waals surface area contributed by atoms with Crippen LogP contribution in [0.5, 0.6) is 0 Å². The number of thiazole rings is 1. The van der Waals surface area contributed by atoms with Gasteiger partial charge in [-0.1, -0.05) is 0 Å². The molecule has 0 aliphatic heterocycles. The van der Waals surface area contributed by atoms with Crippen molar-refractivity contribution in [2.45, 2.75) is 6.92 Å². The van der Waals surface area contributed by atoms with Gasteiger partial charge >= 0.3 is 5.97 Å². The highest BCUT2D eigenvalue weighted by atomic mass is 32.1. The molecule has 1 N–H and O–H groups in total. The van der Waals surface area contributed by atoms with E-state index >= 15 is 0 Å². The Morgan fingerprint density at radius 1 is 1.50 bits per heavy atom. The number of hydrogen-bond donors (Lipinski definition) is 1. The molecule has 0 aliphatic rings. The minimum Gasteiger partial charge on any atom is -0.476 e. The summed E-state index contributed by atoms with van der Waals surface area (Å²) in [7, 11) is 0. The molecule has 0 aliphatic carbocycles. The fourth-order valence-corrected chi connectivity index (χ4v) is 2.02. The predicted molar refractivity (Wildman–Crippen MR) is 53.1 cm³/mol. The summed E-state index contributed by atoms with van der Waals surface area (Å²) in [5, 5.41) is 9.50. The van der Waals surface area contributed by atoms with Crippen molar-refractivity contribution in [2.24, 2.45) is 0 Å². The van der Waals surface area contributed by atoms with Crippen LogP contribution in [0.1, 0.15) is 15.4 Å². The minimum absolute atomic E-state index is 0.138. The second-order valence-corrected chi connectivity index (χ2v) is 3.98. The summed E-state index contributed by atoms with van der Waals surface area (Å²) >= 11 is 1.37. The second-order valence-electron chi connectivity index (χ2n) is 2.80. The normalized spacial score (nSPS) is 10.4. The van der Waals surface area contributed by atoms with Crippen molar-refractivity contribution in [3.63, 3.8) is 0 Å². The van der Waals surface area contributed by atoms with E-state index in [1.807, 2.05) is 24.5 Å². The first-order valence-corrected chi connectivity index (χ1v) is 4.84. The molecular formula is C9H8N2O2S. The molecule has 4 nitrogen and oxygen atoms in total. The van der Waals surface area contributed by atoms with Crippen LogP contribution in [0.25, 0.3) is 5.13 Å². The molecule has 0 atom stereocenters. The molecule has 14 heavy (non-hydrogen) atoms. The summed E-state index contributed by atoms with van der Waals surface area (Å²) in [5.74, 6) is -0.975. The lowest BCUT2D eigenvalue weighted by molar-refractivity contribution is 0.0690. The van der Waals surface area contributed by atoms with E-state index in [0.717, 1.165) is 4.88 Å². The molecule has 5 heteroatoms. The van der Waals surface area contributed by atoms with Crippen molar-refractivity contribution in [1.82, 2.24) is 9.55 Å². The Morgan fingerprint density at radius 2 is 2.14 bits per heavy atom. The lowest BCUT2D eigenvalue weighted by atomic mass is 10.4. The summed E-state index contributed by atoms with van der Waals surface area (Å²) < 4.78 is 1.80. The van der Waals surface area contributed by atoms with Crippen molar-refractivity contribution < 1.29 is 9.90 Å². The van der Waals surface area contributed by atoms with Crippen molar-refractivity contribution in [3.05, 3.63) is 35.1 Å². The molecule has 0 saturated heterocycles. The van der Waals surface area contributed by atoms with Gasteiger partial charge in [-0.15, -0.1) is 11.3 Å². The smallest absolute Gasteiger partial charge is 0.355 e. The number of nitrogens with zero attached hydrogens (tertiary/aromatic N) is 2. The Morgan fingerprint density at radius 3 is 2.64 bits per heavy atom. The standard InChI is InChI=1S/C9H8N2O2S/c1-6-7(8(12)13)10-9(14-6)11-4-2-3-5-11/h2-5H,1H3,(H,12,13). The van der Waals surface area contributed by atoms with Crippen LogP contribution < -0.4 is 0 Å². The number of aromatic nitrogens is 2. The van der Waals surface area contributed by atoms with Crippen molar-refractivity contribution in [1.29, 1.82) is 0 Å². The van der Waals surface area contributed by atoms with Gasteiger partial charge in [-0.05, 0) is 19.1 Å². The third kappa shape index (κ3) is 1.42. The number of rotatable bonds is 2. The SMILES string of the molecule is Cc1sc(-n2cccc2)nc1C(=O)O. The van der Waals surface area contributed by atoms with Gasteiger partial charge in [0.25, 0.3) is 0 Å². The van der Waals surface area contributed by atoms with Crippen molar-refractivity contribution in [3.8, 4) is 5.13 Å². The molecule has 2 aromatic heterocycles. The van der Waals surface area contributed by atoms with Crippen LogP contribution in [0.2, 0.25) is 0 Å². The van der Waals surface area contributed by atoms with Crippen LogP contribution in [-0.4, -0.2) is 20.6 Å². The largest absolute Gasteiger partial charge is 0.476 e. The Hall–Kier alpha value is -1.62. The van der Waals surface area contributed by atoms with E-state index in [9.17, 15) is 4.79 Å². The molecule has 0 unspecified atom stereocenters. The first-order chi connectivity index (χ1) is 6.68. The molecule has 0 saturated carbocycles. The highest BCUT2D eigenvalue weighted by molar-refractivity contribution is 7.14. The van der Waals surface area contributed by atoms with E-state index in [1.54, 1.807) is 11.5 Å². The zero-order chi connectivity index (χ0) is 10.1. The molecule has 2 aromatic rings. The minimum atomic E-state index is -0.975. The third-order valence-corrected chi connectivity index (χ3v) is 2.80. The zero-order valence-corrected chi connectivity index (χ0v) is 8.28. The highest BCUT2D eigenvalue weighted by Crippen LogP contribution is 2.20. The fourth-order valence-electron chi connectivity index (χ4n) is 1.15. The van der Waals surface area contributed by atoms with E-state index in [4.69, 9.17) is 5.11 Å². The molecule has 0 amide bonds. The first-order valence-electron chi connectivity index (χ1n) is 4.02. The Labute approximate surface area is 84.5 Å². The summed E-state index contributed by atoms with van der Waals surface area (Å²) in [6, 6.07) is 3.74. The average molecular weight is 208 g/mol. The van der Waals surface area contributed by atoms with Gasteiger partial charge in [-0.2, -0.15) is 0 Å². The van der Waals surface area contributed by atoms with Crippen LogP contribution in [0.3, 0.4) is 0 Å². The van der Waals surface area contributed by atoms with Crippen LogP contribution in [-0.2, 0) is 0 Å². The van der Waals surface area contributed by atoms with Crippen LogP contribution in [0.15, 0.2) is 24.5 Å². The number of hydrogen-bond acceptors (Lipinski definition) is 3.